The lowest BCUT2D eigenvalue weighted by atomic mass is 9.80. The van der Waals surface area contributed by atoms with E-state index in [4.69, 9.17) is 25.9 Å². The molecule has 3 heterocycles. The Morgan fingerprint density at radius 3 is 2.70 bits per heavy atom. The SMILES string of the molecule is CCC1(OC(=O)CN)C(=O)OCC2=C1Cc1nc3n(c1=C2O)Cc1c(cc(N)cc1[Si](C)(C)CCC(F)(F)F)C=3. The second kappa shape index (κ2) is 9.51. The molecule has 2 aliphatic heterocycles. The number of aliphatic hydroxyl groups excluding tert-OH is 1. The van der Waals surface area contributed by atoms with Crippen molar-refractivity contribution in [3.8, 4) is 0 Å². The lowest BCUT2D eigenvalue weighted by Gasteiger charge is -2.38. The van der Waals surface area contributed by atoms with Crippen molar-refractivity contribution >= 4 is 42.7 Å². The highest BCUT2D eigenvalue weighted by Gasteiger charge is 2.52. The predicted octanol–water partition coefficient (Wildman–Crippen LogP) is 1.25. The summed E-state index contributed by atoms with van der Waals surface area (Å²) in [4.78, 5) is 29.8. The summed E-state index contributed by atoms with van der Waals surface area (Å²) >= 11 is 0. The molecule has 3 aliphatic rings. The van der Waals surface area contributed by atoms with E-state index in [0.717, 1.165) is 16.3 Å². The summed E-state index contributed by atoms with van der Waals surface area (Å²) < 4.78 is 52.1. The van der Waals surface area contributed by atoms with Gasteiger partial charge in [-0.05, 0) is 41.8 Å². The Kier molecular flexibility index (Phi) is 6.65. The summed E-state index contributed by atoms with van der Waals surface area (Å²) in [5.41, 5.74) is 13.7. The van der Waals surface area contributed by atoms with Gasteiger partial charge in [-0.3, -0.25) is 4.79 Å². The van der Waals surface area contributed by atoms with Crippen molar-refractivity contribution in [2.24, 2.45) is 5.73 Å². The van der Waals surface area contributed by atoms with Crippen LogP contribution >= 0.6 is 0 Å². The molecule has 9 nitrogen and oxygen atoms in total. The van der Waals surface area contributed by atoms with Crippen LogP contribution in [0.5, 0.6) is 0 Å². The van der Waals surface area contributed by atoms with Crippen LogP contribution in [-0.2, 0) is 32.0 Å². The van der Waals surface area contributed by atoms with Gasteiger partial charge in [-0.15, -0.1) is 0 Å². The summed E-state index contributed by atoms with van der Waals surface area (Å²) in [6, 6.07) is 3.56. The molecule has 5 rings (SSSR count). The summed E-state index contributed by atoms with van der Waals surface area (Å²) in [6.07, 6.45) is -3.12. The Morgan fingerprint density at radius 1 is 1.32 bits per heavy atom. The van der Waals surface area contributed by atoms with Crippen LogP contribution in [0.15, 0.2) is 23.3 Å². The van der Waals surface area contributed by atoms with Crippen molar-refractivity contribution in [2.45, 2.75) is 63.6 Å². The van der Waals surface area contributed by atoms with E-state index in [1.807, 2.05) is 17.7 Å². The van der Waals surface area contributed by atoms with E-state index < -0.39 is 44.8 Å². The molecule has 1 aromatic heterocycles. The van der Waals surface area contributed by atoms with Crippen LogP contribution in [0.2, 0.25) is 19.1 Å². The van der Waals surface area contributed by atoms with E-state index in [2.05, 4.69) is 0 Å². The molecular formula is C27H31F3N4O5Si. The van der Waals surface area contributed by atoms with Crippen molar-refractivity contribution in [3.63, 3.8) is 0 Å². The third-order valence-corrected chi connectivity index (χ3v) is 11.5. The molecule has 13 heteroatoms. The average molecular weight is 577 g/mol. The number of halogens is 3. The fourth-order valence-electron chi connectivity index (χ4n) is 5.94. The molecule has 0 spiro atoms. The molecule has 0 fully saturated rings. The van der Waals surface area contributed by atoms with Gasteiger partial charge in [0.05, 0.1) is 26.9 Å². The molecule has 40 heavy (non-hydrogen) atoms. The average Bonchev–Trinajstić information content (AvgIpc) is 3.24. The molecule has 2 aromatic rings. The molecular weight excluding hydrogens is 545 g/mol. The molecule has 214 valence electrons. The largest absolute Gasteiger partial charge is 0.505 e. The zero-order valence-corrected chi connectivity index (χ0v) is 23.4. The number of rotatable bonds is 6. The third kappa shape index (κ3) is 4.50. The number of esters is 2. The van der Waals surface area contributed by atoms with Crippen molar-refractivity contribution in [1.82, 2.24) is 9.55 Å². The van der Waals surface area contributed by atoms with Gasteiger partial charge in [0.15, 0.2) is 0 Å². The van der Waals surface area contributed by atoms with E-state index >= 15 is 0 Å². The van der Waals surface area contributed by atoms with Gasteiger partial charge in [0.2, 0.25) is 5.60 Å². The van der Waals surface area contributed by atoms with Gasteiger partial charge < -0.3 is 30.6 Å². The van der Waals surface area contributed by atoms with Gasteiger partial charge >= 0.3 is 18.1 Å². The summed E-state index contributed by atoms with van der Waals surface area (Å²) in [5, 5.41) is 12.8. The lowest BCUT2D eigenvalue weighted by Crippen LogP contribution is -2.52. The van der Waals surface area contributed by atoms with Gasteiger partial charge in [-0.25, -0.2) is 9.78 Å². The second-order valence-electron chi connectivity index (χ2n) is 11.0. The number of ether oxygens (including phenoxy) is 2. The Balaban J connectivity index is 1.64. The maximum atomic E-state index is 13.1. The van der Waals surface area contributed by atoms with Crippen LogP contribution in [0.25, 0.3) is 11.8 Å². The molecule has 0 saturated heterocycles. The number of alkyl halides is 3. The van der Waals surface area contributed by atoms with Crippen molar-refractivity contribution < 1.29 is 37.3 Å². The van der Waals surface area contributed by atoms with E-state index in [1.165, 1.54) is 0 Å². The number of hydrogen-bond acceptors (Lipinski definition) is 8. The standard InChI is InChI=1S/C27H31F3N4O5Si/c1-4-26(39-22(35)11-31)18-10-19-23(24(36)17(18)13-38-25(26)37)34-12-16-14(8-21(34)33-19)7-15(32)9-20(16)40(2,3)6-5-27(28,29)30/h7-9,36H,4-6,10-13,31-32H2,1-3H3. The highest BCUT2D eigenvalue weighted by atomic mass is 28.3. The molecule has 0 saturated carbocycles. The van der Waals surface area contributed by atoms with E-state index in [0.29, 0.717) is 33.4 Å². The predicted molar refractivity (Wildman–Crippen MR) is 143 cm³/mol. The highest BCUT2D eigenvalue weighted by Crippen LogP contribution is 2.39. The van der Waals surface area contributed by atoms with Crippen LogP contribution in [0.3, 0.4) is 0 Å². The molecule has 0 bridgehead atoms. The number of aliphatic hydroxyl groups is 1. The lowest BCUT2D eigenvalue weighted by molar-refractivity contribution is -0.179. The second-order valence-corrected chi connectivity index (χ2v) is 15.9. The summed E-state index contributed by atoms with van der Waals surface area (Å²) in [5.74, 6) is -1.67. The number of nitrogens with zero attached hydrogens (tertiary/aromatic N) is 2. The number of fused-ring (bicyclic) bond motifs is 4. The smallest absolute Gasteiger partial charge is 0.388 e. The quantitative estimate of drug-likeness (QED) is 0.226. The maximum absolute atomic E-state index is 13.1. The summed E-state index contributed by atoms with van der Waals surface area (Å²) in [7, 11) is -2.58. The normalized spacial score (nSPS) is 20.2. The van der Waals surface area contributed by atoms with Crippen molar-refractivity contribution in [3.05, 3.63) is 50.9 Å². The highest BCUT2D eigenvalue weighted by molar-refractivity contribution is 6.90. The molecule has 5 N–H and O–H groups in total. The van der Waals surface area contributed by atoms with Gasteiger partial charge in [-0.1, -0.05) is 25.2 Å². The number of imidazole rings is 1. The topological polar surface area (TPSA) is 143 Å². The molecule has 0 amide bonds. The van der Waals surface area contributed by atoms with Gasteiger partial charge in [-0.2, -0.15) is 13.2 Å². The molecule has 0 radical (unpaired) electrons. The van der Waals surface area contributed by atoms with Crippen LogP contribution in [-0.4, -0.2) is 59.6 Å². The minimum atomic E-state index is -4.25. The monoisotopic (exact) mass is 576 g/mol. The van der Waals surface area contributed by atoms with E-state index in [1.54, 1.807) is 25.1 Å². The van der Waals surface area contributed by atoms with Crippen LogP contribution in [0.1, 0.15) is 36.6 Å². The zero-order valence-electron chi connectivity index (χ0n) is 22.4. The number of nitrogens with two attached hydrogens (primary N) is 2. The third-order valence-electron chi connectivity index (χ3n) is 8.08. The minimum absolute atomic E-state index is 0.0148. The minimum Gasteiger partial charge on any atom is -0.505 e. The molecule has 1 aromatic carbocycles. The number of aromatic nitrogens is 2. The number of carbonyl (C=O) groups excluding carboxylic acids is 2. The number of benzene rings is 1. The summed E-state index contributed by atoms with van der Waals surface area (Å²) in [6.45, 7) is 5.11. The van der Waals surface area contributed by atoms with Crippen molar-refractivity contribution in [2.75, 3.05) is 18.9 Å². The Bertz CT molecular complexity index is 1590. The first-order chi connectivity index (χ1) is 18.7. The Labute approximate surface area is 229 Å². The zero-order chi connectivity index (χ0) is 29.2. The number of carbonyl (C=O) groups is 2. The van der Waals surface area contributed by atoms with Gasteiger partial charge in [0, 0.05) is 29.7 Å². The molecule has 1 unspecified atom stereocenters. The number of anilines is 1. The number of cyclic esters (lactones) is 1. The first kappa shape index (κ1) is 28.0. The van der Waals surface area contributed by atoms with Crippen LogP contribution in [0.4, 0.5) is 18.9 Å². The van der Waals surface area contributed by atoms with E-state index in [-0.39, 0.29) is 37.8 Å². The first-order valence-corrected chi connectivity index (χ1v) is 16.2. The van der Waals surface area contributed by atoms with Crippen LogP contribution < -0.4 is 27.5 Å². The molecule has 1 aliphatic carbocycles. The van der Waals surface area contributed by atoms with Crippen molar-refractivity contribution in [1.29, 1.82) is 0 Å². The number of nitrogen functional groups attached to an aromatic ring is 1. The maximum Gasteiger partial charge on any atom is 0.388 e. The fourth-order valence-corrected chi connectivity index (χ4v) is 8.72. The number of hydrogen-bond donors (Lipinski definition) is 3. The fraction of sp³-hybridized carbons (Fsp3) is 0.444. The van der Waals surface area contributed by atoms with Gasteiger partial charge in [0.25, 0.3) is 0 Å². The molecule has 1 atom stereocenters. The Morgan fingerprint density at radius 2 is 2.05 bits per heavy atom. The van der Waals surface area contributed by atoms with Crippen LogP contribution in [0, 0.1) is 0 Å². The van der Waals surface area contributed by atoms with E-state index in [9.17, 15) is 27.9 Å². The Hall–Kier alpha value is -3.58. The first-order valence-electron chi connectivity index (χ1n) is 13.0. The van der Waals surface area contributed by atoms with Gasteiger partial charge in [0.1, 0.15) is 23.2 Å².